The highest BCUT2D eigenvalue weighted by atomic mass is 79.9. The molecule has 0 saturated heterocycles. The molecule has 0 fully saturated rings. The van der Waals surface area contributed by atoms with Crippen LogP contribution in [0.25, 0.3) is 11.3 Å². The Labute approximate surface area is 179 Å². The molecule has 29 heavy (non-hydrogen) atoms. The quantitative estimate of drug-likeness (QED) is 0.383. The Morgan fingerprint density at radius 2 is 2.03 bits per heavy atom. The standard InChI is InChI=1S/C20H14BrClN2O5/c21-13-2-1-3-14(9-13)28-11-19(25)24-23-10-15-5-7-18(29-15)16-8-12(20(26)27)4-6-17(16)22/h1-10H,11H2,(H,24,25)(H,26,27)/b23-10-. The molecule has 0 aliphatic carbocycles. The summed E-state index contributed by atoms with van der Waals surface area (Å²) in [4.78, 5) is 22.9. The fraction of sp³-hybridized carbons (Fsp3) is 0.0500. The second-order valence-corrected chi connectivity index (χ2v) is 7.06. The third-order valence-electron chi connectivity index (χ3n) is 3.65. The number of nitrogens with zero attached hydrogens (tertiary/aromatic N) is 1. The van der Waals surface area contributed by atoms with Crippen molar-refractivity contribution < 1.29 is 23.8 Å². The zero-order valence-corrected chi connectivity index (χ0v) is 17.1. The van der Waals surface area contributed by atoms with E-state index < -0.39 is 11.9 Å². The molecule has 148 valence electrons. The monoisotopic (exact) mass is 476 g/mol. The van der Waals surface area contributed by atoms with Crippen LogP contribution in [0, 0.1) is 0 Å². The number of nitrogens with one attached hydrogen (secondary N) is 1. The Kier molecular flexibility index (Phi) is 6.69. The molecular formula is C20H14BrClN2O5. The summed E-state index contributed by atoms with van der Waals surface area (Å²) in [5.41, 5.74) is 2.86. The van der Waals surface area contributed by atoms with Crippen LogP contribution in [0.4, 0.5) is 0 Å². The Morgan fingerprint density at radius 1 is 1.21 bits per heavy atom. The van der Waals surface area contributed by atoms with Crippen molar-refractivity contribution in [3.05, 3.63) is 75.4 Å². The summed E-state index contributed by atoms with van der Waals surface area (Å²) in [6, 6.07) is 14.7. The van der Waals surface area contributed by atoms with E-state index in [1.165, 1.54) is 24.4 Å². The number of amides is 1. The fourth-order valence-corrected chi connectivity index (χ4v) is 2.91. The molecule has 0 aliphatic rings. The van der Waals surface area contributed by atoms with Gasteiger partial charge in [0.25, 0.3) is 5.91 Å². The van der Waals surface area contributed by atoms with Crippen LogP contribution in [0.3, 0.4) is 0 Å². The van der Waals surface area contributed by atoms with Gasteiger partial charge in [-0.15, -0.1) is 0 Å². The first-order chi connectivity index (χ1) is 13.9. The summed E-state index contributed by atoms with van der Waals surface area (Å²) in [6.45, 7) is -0.200. The number of hydrogen-bond donors (Lipinski definition) is 2. The maximum Gasteiger partial charge on any atom is 0.335 e. The minimum absolute atomic E-state index is 0.0914. The highest BCUT2D eigenvalue weighted by Gasteiger charge is 2.12. The van der Waals surface area contributed by atoms with Crippen molar-refractivity contribution in [2.24, 2.45) is 5.10 Å². The minimum Gasteiger partial charge on any atom is -0.484 e. The van der Waals surface area contributed by atoms with Gasteiger partial charge in [0.2, 0.25) is 0 Å². The van der Waals surface area contributed by atoms with Gasteiger partial charge < -0.3 is 14.3 Å². The molecule has 9 heteroatoms. The van der Waals surface area contributed by atoms with Crippen molar-refractivity contribution >= 4 is 45.6 Å². The second-order valence-electron chi connectivity index (χ2n) is 5.74. The van der Waals surface area contributed by atoms with E-state index >= 15 is 0 Å². The first kappa shape index (κ1) is 20.6. The van der Waals surface area contributed by atoms with Gasteiger partial charge in [-0.25, -0.2) is 10.2 Å². The van der Waals surface area contributed by atoms with Crippen LogP contribution >= 0.6 is 27.5 Å². The maximum atomic E-state index is 11.8. The topological polar surface area (TPSA) is 101 Å². The number of rotatable bonds is 7. The van der Waals surface area contributed by atoms with Crippen LogP contribution < -0.4 is 10.2 Å². The SMILES string of the molecule is O=C(COc1cccc(Br)c1)N/N=C\c1ccc(-c2cc(C(=O)O)ccc2Cl)o1. The summed E-state index contributed by atoms with van der Waals surface area (Å²) in [5.74, 6) is -0.224. The number of carboxylic acids is 1. The summed E-state index contributed by atoms with van der Waals surface area (Å²) in [7, 11) is 0. The molecule has 0 spiro atoms. The predicted molar refractivity (Wildman–Crippen MR) is 111 cm³/mol. The Bertz CT molecular complexity index is 1080. The molecule has 2 aromatic carbocycles. The summed E-state index contributed by atoms with van der Waals surface area (Å²) in [5, 5.41) is 13.3. The molecule has 0 unspecified atom stereocenters. The van der Waals surface area contributed by atoms with E-state index in [9.17, 15) is 9.59 Å². The van der Waals surface area contributed by atoms with Crippen molar-refractivity contribution in [3.63, 3.8) is 0 Å². The van der Waals surface area contributed by atoms with Crippen LogP contribution in [0.5, 0.6) is 5.75 Å². The normalized spacial score (nSPS) is 10.8. The van der Waals surface area contributed by atoms with Gasteiger partial charge in [-0.2, -0.15) is 5.10 Å². The lowest BCUT2D eigenvalue weighted by molar-refractivity contribution is -0.123. The van der Waals surface area contributed by atoms with Crippen LogP contribution in [-0.4, -0.2) is 29.8 Å². The van der Waals surface area contributed by atoms with Gasteiger partial charge in [-0.05, 0) is 48.5 Å². The van der Waals surface area contributed by atoms with Crippen molar-refractivity contribution in [2.75, 3.05) is 6.61 Å². The van der Waals surface area contributed by atoms with Crippen molar-refractivity contribution in [3.8, 4) is 17.1 Å². The maximum absolute atomic E-state index is 11.8. The Morgan fingerprint density at radius 3 is 2.79 bits per heavy atom. The van der Waals surface area contributed by atoms with Gasteiger partial charge in [0, 0.05) is 10.0 Å². The number of furan rings is 1. The van der Waals surface area contributed by atoms with Crippen LogP contribution in [-0.2, 0) is 4.79 Å². The molecule has 0 saturated carbocycles. The Hall–Kier alpha value is -3.10. The number of benzene rings is 2. The van der Waals surface area contributed by atoms with E-state index in [0.29, 0.717) is 27.9 Å². The molecule has 0 radical (unpaired) electrons. The molecule has 0 bridgehead atoms. The van der Waals surface area contributed by atoms with E-state index in [1.807, 2.05) is 6.07 Å². The lowest BCUT2D eigenvalue weighted by Crippen LogP contribution is -2.24. The fourth-order valence-electron chi connectivity index (χ4n) is 2.32. The number of carboxylic acid groups (broad SMARTS) is 1. The average Bonchev–Trinajstić information content (AvgIpc) is 3.15. The van der Waals surface area contributed by atoms with Gasteiger partial charge in [0.05, 0.1) is 16.8 Å². The van der Waals surface area contributed by atoms with Crippen molar-refractivity contribution in [1.82, 2.24) is 5.43 Å². The van der Waals surface area contributed by atoms with Gasteiger partial charge in [-0.3, -0.25) is 4.79 Å². The van der Waals surface area contributed by atoms with Crippen molar-refractivity contribution in [2.45, 2.75) is 0 Å². The van der Waals surface area contributed by atoms with Crippen LogP contribution in [0.2, 0.25) is 5.02 Å². The second kappa shape index (κ2) is 9.40. The molecule has 1 heterocycles. The number of halogens is 2. The van der Waals surface area contributed by atoms with E-state index in [0.717, 1.165) is 4.47 Å². The number of carbonyl (C=O) groups is 2. The van der Waals surface area contributed by atoms with Crippen molar-refractivity contribution in [1.29, 1.82) is 0 Å². The molecule has 0 atom stereocenters. The Balaban J connectivity index is 1.58. The summed E-state index contributed by atoms with van der Waals surface area (Å²) in [6.07, 6.45) is 1.31. The number of carbonyl (C=O) groups excluding carboxylic acids is 1. The van der Waals surface area contributed by atoms with E-state index in [-0.39, 0.29) is 12.2 Å². The molecule has 3 rings (SSSR count). The zero-order valence-electron chi connectivity index (χ0n) is 14.8. The first-order valence-corrected chi connectivity index (χ1v) is 9.43. The molecule has 3 aromatic rings. The zero-order chi connectivity index (χ0) is 20.8. The lowest BCUT2D eigenvalue weighted by Gasteiger charge is -2.04. The van der Waals surface area contributed by atoms with Gasteiger partial charge in [-0.1, -0.05) is 33.6 Å². The summed E-state index contributed by atoms with van der Waals surface area (Å²) < 4.78 is 11.8. The first-order valence-electron chi connectivity index (χ1n) is 8.25. The predicted octanol–water partition coefficient (Wildman–Crippen LogP) is 4.59. The largest absolute Gasteiger partial charge is 0.484 e. The third-order valence-corrected chi connectivity index (χ3v) is 4.48. The number of aromatic carboxylic acids is 1. The smallest absolute Gasteiger partial charge is 0.335 e. The molecule has 7 nitrogen and oxygen atoms in total. The minimum atomic E-state index is -1.07. The molecule has 0 aliphatic heterocycles. The number of hydrazone groups is 1. The van der Waals surface area contributed by atoms with Crippen LogP contribution in [0.1, 0.15) is 16.1 Å². The number of hydrogen-bond acceptors (Lipinski definition) is 5. The molecular weight excluding hydrogens is 464 g/mol. The van der Waals surface area contributed by atoms with Crippen LogP contribution in [0.15, 0.2) is 68.6 Å². The van der Waals surface area contributed by atoms with Gasteiger partial charge in [0.15, 0.2) is 6.61 Å². The van der Waals surface area contributed by atoms with Gasteiger partial charge >= 0.3 is 5.97 Å². The molecule has 1 aromatic heterocycles. The highest BCUT2D eigenvalue weighted by molar-refractivity contribution is 9.10. The average molecular weight is 478 g/mol. The van der Waals surface area contributed by atoms with E-state index in [2.05, 4.69) is 26.5 Å². The lowest BCUT2D eigenvalue weighted by atomic mass is 10.1. The molecule has 2 N–H and O–H groups in total. The summed E-state index contributed by atoms with van der Waals surface area (Å²) >= 11 is 9.44. The number of ether oxygens (including phenoxy) is 1. The van der Waals surface area contributed by atoms with E-state index in [1.54, 1.807) is 30.3 Å². The van der Waals surface area contributed by atoms with Gasteiger partial charge in [0.1, 0.15) is 17.3 Å². The molecule has 1 amide bonds. The highest BCUT2D eigenvalue weighted by Crippen LogP contribution is 2.30. The van der Waals surface area contributed by atoms with E-state index in [4.69, 9.17) is 25.9 Å². The third kappa shape index (κ3) is 5.69.